The van der Waals surface area contributed by atoms with Gasteiger partial charge < -0.3 is 5.32 Å². The fraction of sp³-hybridized carbons (Fsp3) is 0.385. The Morgan fingerprint density at radius 2 is 2.10 bits per heavy atom. The fourth-order valence-electron chi connectivity index (χ4n) is 1.75. The number of halogens is 4. The van der Waals surface area contributed by atoms with E-state index in [9.17, 15) is 17.6 Å². The van der Waals surface area contributed by atoms with Crippen molar-refractivity contribution in [2.75, 3.05) is 6.54 Å². The van der Waals surface area contributed by atoms with E-state index in [0.717, 1.165) is 17.6 Å². The monoisotopic (exact) mass is 302 g/mol. The zero-order chi connectivity index (χ0) is 15.5. The summed E-state index contributed by atoms with van der Waals surface area (Å²) in [5.41, 5.74) is -0.615. The molecule has 2 heterocycles. The molecule has 0 radical (unpaired) electrons. The second-order valence-electron chi connectivity index (χ2n) is 4.46. The van der Waals surface area contributed by atoms with Crippen LogP contribution in [0.2, 0.25) is 0 Å². The molecule has 2 rings (SSSR count). The minimum Gasteiger partial charge on any atom is -0.313 e. The minimum absolute atomic E-state index is 0.249. The van der Waals surface area contributed by atoms with Crippen molar-refractivity contribution >= 4 is 0 Å². The summed E-state index contributed by atoms with van der Waals surface area (Å²) in [6.07, 6.45) is -0.920. The predicted octanol–water partition coefficient (Wildman–Crippen LogP) is 2.92. The van der Waals surface area contributed by atoms with Gasteiger partial charge in [-0.2, -0.15) is 18.3 Å². The van der Waals surface area contributed by atoms with Crippen LogP contribution in [0.4, 0.5) is 17.6 Å². The third-order valence-electron chi connectivity index (χ3n) is 2.82. The molecule has 21 heavy (non-hydrogen) atoms. The molecule has 0 fully saturated rings. The van der Waals surface area contributed by atoms with Crippen molar-refractivity contribution in [2.24, 2.45) is 0 Å². The molecule has 0 saturated carbocycles. The number of hydrogen-bond acceptors (Lipinski definition) is 3. The zero-order valence-corrected chi connectivity index (χ0v) is 11.3. The summed E-state index contributed by atoms with van der Waals surface area (Å²) in [6.45, 7) is 2.98. The molecule has 0 atom stereocenters. The quantitative estimate of drug-likeness (QED) is 0.682. The highest BCUT2D eigenvalue weighted by molar-refractivity contribution is 5.30. The second kappa shape index (κ2) is 6.21. The summed E-state index contributed by atoms with van der Waals surface area (Å²) in [4.78, 5) is 3.76. The van der Waals surface area contributed by atoms with Gasteiger partial charge in [-0.05, 0) is 19.0 Å². The molecule has 0 spiro atoms. The first kappa shape index (κ1) is 15.4. The van der Waals surface area contributed by atoms with E-state index in [0.29, 0.717) is 18.0 Å². The highest BCUT2D eigenvalue weighted by Gasteiger charge is 2.32. The van der Waals surface area contributed by atoms with Gasteiger partial charge in [-0.25, -0.2) is 14.1 Å². The third kappa shape index (κ3) is 3.57. The Labute approximate surface area is 118 Å². The molecule has 0 aliphatic rings. The van der Waals surface area contributed by atoms with Gasteiger partial charge in [0.1, 0.15) is 0 Å². The number of aromatic nitrogens is 3. The number of nitrogens with one attached hydrogen (secondary N) is 1. The Hall–Kier alpha value is -1.96. The molecule has 4 nitrogen and oxygen atoms in total. The van der Waals surface area contributed by atoms with E-state index in [1.807, 2.05) is 6.92 Å². The van der Waals surface area contributed by atoms with Crippen LogP contribution in [0, 0.1) is 5.82 Å². The topological polar surface area (TPSA) is 42.7 Å². The van der Waals surface area contributed by atoms with E-state index < -0.39 is 17.6 Å². The van der Waals surface area contributed by atoms with E-state index in [1.165, 1.54) is 12.3 Å². The first-order valence-corrected chi connectivity index (χ1v) is 6.39. The number of rotatable bonds is 5. The molecule has 0 aromatic carbocycles. The van der Waals surface area contributed by atoms with Gasteiger partial charge in [0.2, 0.25) is 0 Å². The van der Waals surface area contributed by atoms with Crippen LogP contribution in [0.1, 0.15) is 24.5 Å². The average molecular weight is 302 g/mol. The van der Waals surface area contributed by atoms with Crippen molar-refractivity contribution in [3.8, 4) is 5.82 Å². The molecule has 0 aliphatic carbocycles. The van der Waals surface area contributed by atoms with Gasteiger partial charge in [-0.1, -0.05) is 6.92 Å². The van der Waals surface area contributed by atoms with Crippen molar-refractivity contribution in [3.05, 3.63) is 41.6 Å². The highest BCUT2D eigenvalue weighted by Crippen LogP contribution is 2.29. The summed E-state index contributed by atoms with van der Waals surface area (Å²) >= 11 is 0. The lowest BCUT2D eigenvalue weighted by Gasteiger charge is -2.08. The summed E-state index contributed by atoms with van der Waals surface area (Å²) < 4.78 is 52.6. The van der Waals surface area contributed by atoms with Crippen LogP contribution in [-0.4, -0.2) is 21.3 Å². The minimum atomic E-state index is -4.52. The summed E-state index contributed by atoms with van der Waals surface area (Å²) in [5, 5.41) is 6.55. The number of alkyl halides is 3. The van der Waals surface area contributed by atoms with Gasteiger partial charge in [-0.3, -0.25) is 0 Å². The molecule has 0 saturated heterocycles. The number of nitrogens with zero attached hydrogens (tertiary/aromatic N) is 3. The van der Waals surface area contributed by atoms with Crippen LogP contribution >= 0.6 is 0 Å². The highest BCUT2D eigenvalue weighted by atomic mass is 19.4. The predicted molar refractivity (Wildman–Crippen MR) is 68.3 cm³/mol. The van der Waals surface area contributed by atoms with Crippen LogP contribution in [0.5, 0.6) is 0 Å². The maximum atomic E-state index is 14.2. The van der Waals surface area contributed by atoms with Crippen LogP contribution < -0.4 is 5.32 Å². The van der Waals surface area contributed by atoms with Crippen LogP contribution in [0.15, 0.2) is 24.7 Å². The molecule has 8 heteroatoms. The van der Waals surface area contributed by atoms with E-state index in [4.69, 9.17) is 0 Å². The average Bonchev–Trinajstić information content (AvgIpc) is 2.90. The first-order valence-electron chi connectivity index (χ1n) is 6.39. The van der Waals surface area contributed by atoms with Crippen molar-refractivity contribution in [1.29, 1.82) is 0 Å². The molecule has 0 unspecified atom stereocenters. The molecule has 2 aromatic rings. The molecule has 2 aromatic heterocycles. The standard InChI is InChI=1S/C13H14F4N4/c1-2-4-18-6-9-3-5-19-12(11(9)14)21-8-10(7-20-21)13(15,16)17/h3,5,7-8,18H,2,4,6H2,1H3. The van der Waals surface area contributed by atoms with Gasteiger partial charge in [0.25, 0.3) is 0 Å². The molecule has 0 amide bonds. The molecule has 0 bridgehead atoms. The first-order chi connectivity index (χ1) is 9.93. The lowest BCUT2D eigenvalue weighted by atomic mass is 10.2. The Morgan fingerprint density at radius 1 is 1.33 bits per heavy atom. The van der Waals surface area contributed by atoms with Crippen LogP contribution in [-0.2, 0) is 12.7 Å². The van der Waals surface area contributed by atoms with Crippen LogP contribution in [0.25, 0.3) is 5.82 Å². The van der Waals surface area contributed by atoms with Crippen molar-refractivity contribution in [1.82, 2.24) is 20.1 Å². The molecule has 114 valence electrons. The lowest BCUT2D eigenvalue weighted by molar-refractivity contribution is -0.137. The van der Waals surface area contributed by atoms with Gasteiger partial charge in [0.05, 0.1) is 11.8 Å². The van der Waals surface area contributed by atoms with Gasteiger partial charge in [-0.15, -0.1) is 0 Å². The summed E-state index contributed by atoms with van der Waals surface area (Å²) in [5.74, 6) is -0.931. The normalized spacial score (nSPS) is 11.9. The summed E-state index contributed by atoms with van der Waals surface area (Å²) in [7, 11) is 0. The van der Waals surface area contributed by atoms with E-state index in [-0.39, 0.29) is 12.4 Å². The summed E-state index contributed by atoms with van der Waals surface area (Å²) in [6, 6.07) is 1.48. The Balaban J connectivity index is 2.28. The SMILES string of the molecule is CCCNCc1ccnc(-n2cc(C(F)(F)F)cn2)c1F. The van der Waals surface area contributed by atoms with Gasteiger partial charge >= 0.3 is 6.18 Å². The molecule has 0 aliphatic heterocycles. The van der Waals surface area contributed by atoms with E-state index in [2.05, 4.69) is 15.4 Å². The lowest BCUT2D eigenvalue weighted by Crippen LogP contribution is -2.16. The number of hydrogen-bond donors (Lipinski definition) is 1. The Kier molecular flexibility index (Phi) is 4.56. The smallest absolute Gasteiger partial charge is 0.313 e. The van der Waals surface area contributed by atoms with Crippen molar-refractivity contribution < 1.29 is 17.6 Å². The largest absolute Gasteiger partial charge is 0.419 e. The van der Waals surface area contributed by atoms with Crippen molar-refractivity contribution in [3.63, 3.8) is 0 Å². The van der Waals surface area contributed by atoms with Gasteiger partial charge in [0, 0.05) is 24.5 Å². The second-order valence-corrected chi connectivity index (χ2v) is 4.46. The zero-order valence-electron chi connectivity index (χ0n) is 11.3. The van der Waals surface area contributed by atoms with E-state index >= 15 is 0 Å². The maximum Gasteiger partial charge on any atom is 0.419 e. The molecular weight excluding hydrogens is 288 g/mol. The van der Waals surface area contributed by atoms with E-state index in [1.54, 1.807) is 0 Å². The fourth-order valence-corrected chi connectivity index (χ4v) is 1.75. The maximum absolute atomic E-state index is 14.2. The third-order valence-corrected chi connectivity index (χ3v) is 2.82. The van der Waals surface area contributed by atoms with Crippen LogP contribution in [0.3, 0.4) is 0 Å². The van der Waals surface area contributed by atoms with Gasteiger partial charge in [0.15, 0.2) is 11.6 Å². The Morgan fingerprint density at radius 3 is 2.71 bits per heavy atom. The van der Waals surface area contributed by atoms with Crippen molar-refractivity contribution in [2.45, 2.75) is 26.1 Å². The molecular formula is C13H14F4N4. The molecule has 1 N–H and O–H groups in total. The number of pyridine rings is 1. The Bertz CT molecular complexity index is 606.